The smallest absolute Gasteiger partial charge is 0.229 e. The molecule has 19 heavy (non-hydrogen) atoms. The van der Waals surface area contributed by atoms with Crippen LogP contribution in [0.1, 0.15) is 29.5 Å². The summed E-state index contributed by atoms with van der Waals surface area (Å²) in [7, 11) is 1.91. The lowest BCUT2D eigenvalue weighted by Crippen LogP contribution is -2.47. The summed E-state index contributed by atoms with van der Waals surface area (Å²) in [6.07, 6.45) is 3.82. The molecule has 1 aliphatic heterocycles. The van der Waals surface area contributed by atoms with E-state index < -0.39 is 0 Å². The van der Waals surface area contributed by atoms with Crippen LogP contribution in [-0.2, 0) is 24.2 Å². The van der Waals surface area contributed by atoms with E-state index in [1.807, 2.05) is 18.0 Å². The molecule has 0 radical (unpaired) electrons. The van der Waals surface area contributed by atoms with Gasteiger partial charge in [0.05, 0.1) is 5.41 Å². The predicted molar refractivity (Wildman–Crippen MR) is 71.8 cm³/mol. The molecule has 4 nitrogen and oxygen atoms in total. The van der Waals surface area contributed by atoms with Crippen molar-refractivity contribution in [2.75, 3.05) is 13.6 Å². The fourth-order valence-corrected chi connectivity index (χ4v) is 3.61. The Balaban J connectivity index is 1.88. The number of nitrogens with one attached hydrogen (secondary N) is 1. The number of benzene rings is 1. The summed E-state index contributed by atoms with van der Waals surface area (Å²) in [6, 6.07) is 6.26. The molecule has 0 bridgehead atoms. The van der Waals surface area contributed by atoms with Crippen LogP contribution in [0.25, 0.3) is 0 Å². The number of hydrogen-bond acceptors (Lipinski definition) is 3. The number of nitrogens with zero attached hydrogens (tertiary/aromatic N) is 1. The quantitative estimate of drug-likeness (QED) is 0.792. The Labute approximate surface area is 113 Å². The zero-order chi connectivity index (χ0) is 13.5. The van der Waals surface area contributed by atoms with E-state index in [1.165, 1.54) is 11.1 Å². The van der Waals surface area contributed by atoms with E-state index in [9.17, 15) is 4.79 Å². The van der Waals surface area contributed by atoms with Crippen molar-refractivity contribution >= 4 is 5.91 Å². The maximum absolute atomic E-state index is 12.5. The van der Waals surface area contributed by atoms with E-state index in [1.54, 1.807) is 0 Å². The number of fused-ring (bicyclic) bond motifs is 1. The van der Waals surface area contributed by atoms with Gasteiger partial charge in [-0.25, -0.2) is 5.48 Å². The van der Waals surface area contributed by atoms with E-state index in [2.05, 4.69) is 17.6 Å². The van der Waals surface area contributed by atoms with Gasteiger partial charge in [-0.05, 0) is 42.4 Å². The lowest BCUT2D eigenvalue weighted by Gasteiger charge is -2.37. The highest BCUT2D eigenvalue weighted by molar-refractivity contribution is 5.85. The molecule has 3 rings (SSSR count). The molecule has 4 heteroatoms. The molecule has 102 valence electrons. The van der Waals surface area contributed by atoms with Gasteiger partial charge in [-0.15, -0.1) is 0 Å². The molecule has 1 aromatic rings. The van der Waals surface area contributed by atoms with Gasteiger partial charge in [-0.2, -0.15) is 0 Å². The first-order valence-corrected chi connectivity index (χ1v) is 6.88. The summed E-state index contributed by atoms with van der Waals surface area (Å²) >= 11 is 0. The lowest BCUT2D eigenvalue weighted by molar-refractivity contribution is -0.144. The fraction of sp³-hybridized carbons (Fsp3) is 0.533. The van der Waals surface area contributed by atoms with E-state index in [-0.39, 0.29) is 5.41 Å². The van der Waals surface area contributed by atoms with Crippen LogP contribution < -0.4 is 5.48 Å². The van der Waals surface area contributed by atoms with Crippen molar-refractivity contribution in [1.82, 2.24) is 10.4 Å². The number of hydrogen-bond donors (Lipinski definition) is 2. The third-order valence-electron chi connectivity index (χ3n) is 4.56. The summed E-state index contributed by atoms with van der Waals surface area (Å²) in [5.74, 6) is 0.303. The second-order valence-corrected chi connectivity index (χ2v) is 5.90. The molecule has 1 spiro atoms. The minimum Gasteiger partial charge on any atom is -0.345 e. The normalized spacial score (nSPS) is 26.0. The average molecular weight is 260 g/mol. The van der Waals surface area contributed by atoms with Gasteiger partial charge in [0.2, 0.25) is 5.91 Å². The lowest BCUT2D eigenvalue weighted by atomic mass is 9.76. The molecule has 1 fully saturated rings. The molecule has 0 aromatic heterocycles. The molecular weight excluding hydrogens is 240 g/mol. The molecular formula is C15H20N2O2. The Morgan fingerprint density at radius 2 is 2.16 bits per heavy atom. The van der Waals surface area contributed by atoms with Gasteiger partial charge in [-0.3, -0.25) is 4.79 Å². The number of piperidine rings is 1. The van der Waals surface area contributed by atoms with Crippen LogP contribution in [0, 0.1) is 5.41 Å². The molecule has 2 N–H and O–H groups in total. The Bertz CT molecular complexity index is 515. The topological polar surface area (TPSA) is 52.6 Å². The minimum absolute atomic E-state index is 0.194. The van der Waals surface area contributed by atoms with Gasteiger partial charge in [0.1, 0.15) is 0 Å². The first-order chi connectivity index (χ1) is 9.14. The highest BCUT2D eigenvalue weighted by Gasteiger charge is 2.46. The van der Waals surface area contributed by atoms with Crippen molar-refractivity contribution < 1.29 is 10.0 Å². The van der Waals surface area contributed by atoms with Crippen molar-refractivity contribution in [3.63, 3.8) is 0 Å². The van der Waals surface area contributed by atoms with Crippen molar-refractivity contribution in [1.29, 1.82) is 0 Å². The summed E-state index contributed by atoms with van der Waals surface area (Å²) < 4.78 is 0. The molecule has 0 saturated carbocycles. The van der Waals surface area contributed by atoms with E-state index >= 15 is 0 Å². The molecule has 1 aromatic carbocycles. The SMILES string of the molecule is CN1CCC[C@]2(Cc3ccc(CNO)cc3C2)C1=O. The number of likely N-dealkylation sites (tertiary alicyclic amines) is 1. The van der Waals surface area contributed by atoms with E-state index in [0.29, 0.717) is 12.5 Å². The van der Waals surface area contributed by atoms with E-state index in [4.69, 9.17) is 5.21 Å². The van der Waals surface area contributed by atoms with Gasteiger partial charge in [-0.1, -0.05) is 18.2 Å². The Hall–Kier alpha value is -1.39. The van der Waals surface area contributed by atoms with Crippen molar-refractivity contribution in [3.8, 4) is 0 Å². The maximum Gasteiger partial charge on any atom is 0.229 e. The van der Waals surface area contributed by atoms with Gasteiger partial charge >= 0.3 is 0 Å². The second kappa shape index (κ2) is 4.62. The fourth-order valence-electron chi connectivity index (χ4n) is 3.61. The van der Waals surface area contributed by atoms with Crippen molar-refractivity contribution in [2.24, 2.45) is 5.41 Å². The van der Waals surface area contributed by atoms with E-state index in [0.717, 1.165) is 37.8 Å². The van der Waals surface area contributed by atoms with Gasteiger partial charge in [0, 0.05) is 20.1 Å². The molecule has 0 unspecified atom stereocenters. The van der Waals surface area contributed by atoms with Crippen LogP contribution in [0.5, 0.6) is 0 Å². The summed E-state index contributed by atoms with van der Waals surface area (Å²) in [6.45, 7) is 1.34. The molecule has 1 amide bonds. The first-order valence-electron chi connectivity index (χ1n) is 6.88. The molecule has 2 aliphatic rings. The number of amides is 1. The Morgan fingerprint density at radius 1 is 1.37 bits per heavy atom. The number of hydroxylamine groups is 1. The second-order valence-electron chi connectivity index (χ2n) is 5.90. The number of rotatable bonds is 2. The zero-order valence-corrected chi connectivity index (χ0v) is 11.3. The summed E-state index contributed by atoms with van der Waals surface area (Å²) in [5, 5.41) is 8.78. The zero-order valence-electron chi connectivity index (χ0n) is 11.3. The van der Waals surface area contributed by atoms with Crippen LogP contribution in [0.2, 0.25) is 0 Å². The average Bonchev–Trinajstić information content (AvgIpc) is 2.75. The third kappa shape index (κ3) is 2.05. The van der Waals surface area contributed by atoms with Crippen LogP contribution in [0.4, 0.5) is 0 Å². The molecule has 1 saturated heterocycles. The van der Waals surface area contributed by atoms with Crippen LogP contribution in [0.15, 0.2) is 18.2 Å². The van der Waals surface area contributed by atoms with Crippen LogP contribution in [0.3, 0.4) is 0 Å². The first kappa shape index (κ1) is 12.6. The number of carbonyl (C=O) groups is 1. The monoisotopic (exact) mass is 260 g/mol. The summed E-state index contributed by atoms with van der Waals surface area (Å²) in [4.78, 5) is 14.4. The highest BCUT2D eigenvalue weighted by Crippen LogP contribution is 2.44. The maximum atomic E-state index is 12.5. The van der Waals surface area contributed by atoms with Crippen molar-refractivity contribution in [2.45, 2.75) is 32.2 Å². The minimum atomic E-state index is -0.194. The van der Waals surface area contributed by atoms with Gasteiger partial charge in [0.25, 0.3) is 0 Å². The van der Waals surface area contributed by atoms with Crippen LogP contribution in [-0.4, -0.2) is 29.6 Å². The molecule has 1 aliphatic carbocycles. The Kier molecular flexibility index (Phi) is 3.07. The van der Waals surface area contributed by atoms with Crippen LogP contribution >= 0.6 is 0 Å². The van der Waals surface area contributed by atoms with Gasteiger partial charge in [0.15, 0.2) is 0 Å². The molecule has 1 atom stereocenters. The van der Waals surface area contributed by atoms with Gasteiger partial charge < -0.3 is 10.1 Å². The van der Waals surface area contributed by atoms with Crippen molar-refractivity contribution in [3.05, 3.63) is 34.9 Å². The Morgan fingerprint density at radius 3 is 2.95 bits per heavy atom. The third-order valence-corrected chi connectivity index (χ3v) is 4.56. The standard InChI is InChI=1S/C15H20N2O2/c1-17-6-2-5-15(14(17)18)8-12-4-3-11(10-16-19)7-13(12)9-15/h3-4,7,16,19H,2,5-6,8-10H2,1H3/t15-/m1/s1. The highest BCUT2D eigenvalue weighted by atomic mass is 16.5. The molecule has 1 heterocycles. The summed E-state index contributed by atoms with van der Waals surface area (Å²) in [5.41, 5.74) is 5.63. The largest absolute Gasteiger partial charge is 0.345 e. The number of carbonyl (C=O) groups excluding carboxylic acids is 1. The predicted octanol–water partition coefficient (Wildman–Crippen LogP) is 1.50.